The molecule has 4 aromatic rings. The van der Waals surface area contributed by atoms with Crippen LogP contribution in [0.3, 0.4) is 0 Å². The second-order valence-corrected chi connectivity index (χ2v) is 10.5. The summed E-state index contributed by atoms with van der Waals surface area (Å²) in [5.41, 5.74) is 6.60. The highest BCUT2D eigenvalue weighted by Crippen LogP contribution is 2.24. The third-order valence-corrected chi connectivity index (χ3v) is 7.84. The van der Waals surface area contributed by atoms with Crippen LogP contribution in [0.4, 0.5) is 0 Å². The lowest BCUT2D eigenvalue weighted by Crippen LogP contribution is -2.40. The molecule has 0 saturated carbocycles. The van der Waals surface area contributed by atoms with E-state index in [1.54, 1.807) is 7.11 Å². The molecule has 0 unspecified atom stereocenters. The van der Waals surface area contributed by atoms with Crippen LogP contribution >= 0.6 is 0 Å². The molecule has 0 bridgehead atoms. The molecule has 0 atom stereocenters. The normalized spacial score (nSPS) is 14.9. The minimum Gasteiger partial charge on any atom is -0.497 e. The van der Waals surface area contributed by atoms with Gasteiger partial charge < -0.3 is 9.47 Å². The van der Waals surface area contributed by atoms with Gasteiger partial charge in [0.25, 0.3) is 0 Å². The van der Waals surface area contributed by atoms with E-state index in [1.165, 1.54) is 10.6 Å². The van der Waals surface area contributed by atoms with E-state index in [2.05, 4.69) is 83.9 Å². The number of hydrogen-bond acceptors (Lipinski definition) is 3. The van der Waals surface area contributed by atoms with Crippen molar-refractivity contribution in [1.82, 2.24) is 4.58 Å². The van der Waals surface area contributed by atoms with Crippen molar-refractivity contribution in [3.8, 4) is 5.75 Å². The number of benzene rings is 3. The molecule has 5 heteroatoms. The van der Waals surface area contributed by atoms with Crippen LogP contribution in [0.5, 0.6) is 5.75 Å². The van der Waals surface area contributed by atoms with Gasteiger partial charge in [-0.1, -0.05) is 48.6 Å². The maximum Gasteiger partial charge on any atom is 0.338 e. The van der Waals surface area contributed by atoms with E-state index < -0.39 is 0 Å². The third kappa shape index (κ3) is 6.57. The molecule has 43 heavy (non-hydrogen) atoms. The standard InChI is InChI=1S/C38H38N2O3/c1-6-43-38(41)35(27(2)25-32-20-15-29-11-7-9-13-36(29)39(32)3)24-19-31(28-17-22-34(42-5)23-18-28)26-33-21-16-30-12-8-10-14-37(30)40(33)4/h7-19,21-26H,6,20H2,1-5H3/q+2/b24-19+,31-26-,32-25-,35-27-. The Kier molecular flexibility index (Phi) is 9.11. The number of aromatic nitrogens is 1. The van der Waals surface area contributed by atoms with Crippen molar-refractivity contribution >= 4 is 34.6 Å². The number of hydrogen-bond donors (Lipinski definition) is 0. The van der Waals surface area contributed by atoms with Crippen LogP contribution in [-0.2, 0) is 16.6 Å². The average Bonchev–Trinajstić information content (AvgIpc) is 3.03. The quantitative estimate of drug-likeness (QED) is 0.121. The summed E-state index contributed by atoms with van der Waals surface area (Å²) in [6.07, 6.45) is 11.1. The minimum absolute atomic E-state index is 0.301. The molecule has 2 heterocycles. The number of methoxy groups -OCH3 is 1. The number of nitrogens with zero attached hydrogens (tertiary/aromatic N) is 2. The number of carbonyl (C=O) groups excluding carboxylic acids is 1. The maximum atomic E-state index is 13.3. The van der Waals surface area contributed by atoms with Crippen molar-refractivity contribution in [2.24, 2.45) is 7.05 Å². The lowest BCUT2D eigenvalue weighted by atomic mass is 10.00. The fraction of sp³-hybridized carbons (Fsp3) is 0.184. The Morgan fingerprint density at radius 2 is 1.65 bits per heavy atom. The van der Waals surface area contributed by atoms with Crippen molar-refractivity contribution in [3.63, 3.8) is 0 Å². The Hall–Kier alpha value is -5.03. The van der Waals surface area contributed by atoms with Gasteiger partial charge in [-0.15, -0.1) is 0 Å². The molecule has 1 aliphatic heterocycles. The Bertz CT molecular complexity index is 1930. The smallest absolute Gasteiger partial charge is 0.338 e. The van der Waals surface area contributed by atoms with E-state index in [4.69, 9.17) is 9.47 Å². The number of esters is 1. The summed E-state index contributed by atoms with van der Waals surface area (Å²) in [5, 5.41) is 3.53. The van der Waals surface area contributed by atoms with Crippen LogP contribution in [0, 0.1) is 0 Å². The summed E-state index contributed by atoms with van der Waals surface area (Å²) in [6.45, 7) is 4.10. The predicted octanol–water partition coefficient (Wildman–Crippen LogP) is 5.54. The Morgan fingerprint density at radius 3 is 2.42 bits per heavy atom. The monoisotopic (exact) mass is 570 g/mol. The number of carbonyl (C=O) groups is 1. The molecule has 0 spiro atoms. The van der Waals surface area contributed by atoms with Crippen molar-refractivity contribution in [3.05, 3.63) is 142 Å². The second-order valence-electron chi connectivity index (χ2n) is 10.5. The number of rotatable bonds is 8. The van der Waals surface area contributed by atoms with Crippen LogP contribution in [0.15, 0.2) is 120 Å². The van der Waals surface area contributed by atoms with Gasteiger partial charge in [0.05, 0.1) is 25.7 Å². The highest BCUT2D eigenvalue weighted by Gasteiger charge is 2.17. The molecular weight excluding hydrogens is 532 g/mol. The van der Waals surface area contributed by atoms with Crippen LogP contribution in [0.2, 0.25) is 0 Å². The Morgan fingerprint density at radius 1 is 0.907 bits per heavy atom. The molecule has 5 nitrogen and oxygen atoms in total. The molecule has 5 rings (SSSR count). The predicted molar refractivity (Wildman–Crippen MR) is 174 cm³/mol. The van der Waals surface area contributed by atoms with E-state index in [1.807, 2.05) is 68.5 Å². The van der Waals surface area contributed by atoms with Crippen LogP contribution in [-0.4, -0.2) is 26.7 Å². The third-order valence-electron chi connectivity index (χ3n) is 7.84. The topological polar surface area (TPSA) is 42.4 Å². The van der Waals surface area contributed by atoms with E-state index >= 15 is 0 Å². The highest BCUT2D eigenvalue weighted by molar-refractivity contribution is 5.95. The first-order chi connectivity index (χ1) is 20.9. The van der Waals surface area contributed by atoms with E-state index in [0.29, 0.717) is 12.2 Å². The summed E-state index contributed by atoms with van der Waals surface area (Å²) in [7, 11) is 5.80. The number of para-hydroxylation sites is 2. The molecule has 3 aromatic carbocycles. The molecule has 0 N–H and O–H groups in total. The molecule has 1 aromatic heterocycles. The summed E-state index contributed by atoms with van der Waals surface area (Å²) >= 11 is 0. The van der Waals surface area contributed by atoms with Gasteiger partial charge in [-0.2, -0.15) is 9.14 Å². The molecule has 1 aliphatic rings. The van der Waals surface area contributed by atoms with Gasteiger partial charge >= 0.3 is 5.97 Å². The first-order valence-corrected chi connectivity index (χ1v) is 14.6. The highest BCUT2D eigenvalue weighted by atomic mass is 16.5. The van der Waals surface area contributed by atoms with Crippen LogP contribution < -0.4 is 24.5 Å². The lowest BCUT2D eigenvalue weighted by Gasteiger charge is -2.10. The number of fused-ring (bicyclic) bond motifs is 2. The summed E-state index contributed by atoms with van der Waals surface area (Å²) in [6, 6.07) is 28.9. The first kappa shape index (κ1) is 29.5. The van der Waals surface area contributed by atoms with Crippen LogP contribution in [0.25, 0.3) is 28.6 Å². The first-order valence-electron chi connectivity index (χ1n) is 14.6. The fourth-order valence-corrected chi connectivity index (χ4v) is 5.37. The van der Waals surface area contributed by atoms with E-state index in [-0.39, 0.29) is 5.97 Å². The summed E-state index contributed by atoms with van der Waals surface area (Å²) < 4.78 is 15.3. The van der Waals surface area contributed by atoms with E-state index in [9.17, 15) is 4.79 Å². The molecule has 216 valence electrons. The molecule has 0 amide bonds. The molecule has 0 radical (unpaired) electrons. The second kappa shape index (κ2) is 13.3. The molecule has 0 saturated heterocycles. The Labute approximate surface area is 253 Å². The van der Waals surface area contributed by atoms with Crippen molar-refractivity contribution in [2.45, 2.75) is 20.3 Å². The SMILES string of the molecule is CCOC(=O)C(/C=C/C(=C/c1ccc2ccccc2[n+]1C)c1ccc(OC)cc1)=C(C)\C=C1\CC=c2ccccc2=[N+]1C. The number of allylic oxidation sites excluding steroid dienone is 5. The number of aryl methyl sites for hydroxylation is 1. The minimum atomic E-state index is -0.346. The van der Waals surface area contributed by atoms with Crippen molar-refractivity contribution in [1.29, 1.82) is 0 Å². The van der Waals surface area contributed by atoms with Gasteiger partial charge in [0.15, 0.2) is 5.70 Å². The largest absolute Gasteiger partial charge is 0.497 e. The Balaban J connectivity index is 1.62. The van der Waals surface area contributed by atoms with Crippen LogP contribution in [0.1, 0.15) is 31.5 Å². The van der Waals surface area contributed by atoms with Gasteiger partial charge in [0.1, 0.15) is 19.8 Å². The zero-order valence-electron chi connectivity index (χ0n) is 25.5. The maximum absolute atomic E-state index is 13.3. The van der Waals surface area contributed by atoms with Gasteiger partial charge in [-0.05, 0) is 67.0 Å². The van der Waals surface area contributed by atoms with Gasteiger partial charge in [-0.3, -0.25) is 0 Å². The lowest BCUT2D eigenvalue weighted by molar-refractivity contribution is -0.646. The summed E-state index contributed by atoms with van der Waals surface area (Å²) in [5.74, 6) is 0.439. The van der Waals surface area contributed by atoms with Gasteiger partial charge in [-0.25, -0.2) is 4.79 Å². The number of ether oxygens (including phenoxy) is 2. The molecular formula is C38H38N2O3+2. The number of pyridine rings is 1. The van der Waals surface area contributed by atoms with Crippen molar-refractivity contribution < 1.29 is 18.8 Å². The average molecular weight is 571 g/mol. The zero-order chi connectivity index (χ0) is 30.3. The zero-order valence-corrected chi connectivity index (χ0v) is 25.5. The molecule has 0 fully saturated rings. The fourth-order valence-electron chi connectivity index (χ4n) is 5.37. The van der Waals surface area contributed by atoms with Crippen molar-refractivity contribution in [2.75, 3.05) is 20.8 Å². The van der Waals surface area contributed by atoms with Gasteiger partial charge in [0, 0.05) is 41.0 Å². The molecule has 0 aliphatic carbocycles. The van der Waals surface area contributed by atoms with Gasteiger partial charge in [0.2, 0.25) is 16.6 Å². The van der Waals surface area contributed by atoms with E-state index in [0.717, 1.165) is 51.1 Å². The summed E-state index contributed by atoms with van der Waals surface area (Å²) in [4.78, 5) is 13.3.